The van der Waals surface area contributed by atoms with Gasteiger partial charge in [-0.25, -0.2) is 4.79 Å². The predicted octanol–water partition coefficient (Wildman–Crippen LogP) is 3.86. The zero-order valence-corrected chi connectivity index (χ0v) is 16.0. The number of nitrogens with one attached hydrogen (secondary N) is 2. The van der Waals surface area contributed by atoms with Crippen molar-refractivity contribution in [2.45, 2.75) is 19.8 Å². The van der Waals surface area contributed by atoms with Crippen LogP contribution in [0.15, 0.2) is 60.7 Å². The zero-order valence-electron chi connectivity index (χ0n) is 16.0. The second-order valence-electron chi connectivity index (χ2n) is 6.41. The molecule has 0 saturated heterocycles. The number of anilines is 1. The van der Waals surface area contributed by atoms with Gasteiger partial charge in [-0.2, -0.15) is 5.10 Å². The highest BCUT2D eigenvalue weighted by atomic mass is 16.5. The number of rotatable bonds is 8. The van der Waals surface area contributed by atoms with E-state index in [4.69, 9.17) is 4.74 Å². The average Bonchev–Trinajstić information content (AvgIpc) is 3.23. The van der Waals surface area contributed by atoms with Gasteiger partial charge in [-0.15, -0.1) is 0 Å². The molecule has 1 heterocycles. The van der Waals surface area contributed by atoms with Crippen LogP contribution in [-0.4, -0.2) is 34.5 Å². The van der Waals surface area contributed by atoms with E-state index in [1.165, 1.54) is 0 Å². The maximum absolute atomic E-state index is 12.3. The molecule has 3 aromatic rings. The van der Waals surface area contributed by atoms with E-state index in [0.717, 1.165) is 12.0 Å². The number of nitrogens with zero attached hydrogens (tertiary/aromatic N) is 1. The maximum Gasteiger partial charge on any atom is 0.356 e. The van der Waals surface area contributed by atoms with E-state index in [0.29, 0.717) is 23.4 Å². The molecule has 0 saturated carbocycles. The molecule has 29 heavy (non-hydrogen) atoms. The minimum Gasteiger partial charge on any atom is -0.453 e. The first-order valence-corrected chi connectivity index (χ1v) is 9.28. The van der Waals surface area contributed by atoms with Crippen molar-refractivity contribution in [2.24, 2.45) is 0 Å². The number of aromatic amines is 1. The molecule has 0 spiro atoms. The second-order valence-corrected chi connectivity index (χ2v) is 6.41. The third-order valence-corrected chi connectivity index (χ3v) is 4.17. The number of carbonyl (C=O) groups excluding carboxylic acids is 3. The van der Waals surface area contributed by atoms with Crippen LogP contribution in [0.1, 0.15) is 40.6 Å². The second kappa shape index (κ2) is 9.45. The van der Waals surface area contributed by atoms with Gasteiger partial charge in [0.05, 0.1) is 5.69 Å². The van der Waals surface area contributed by atoms with Crippen LogP contribution < -0.4 is 5.32 Å². The SMILES string of the molecule is CCCC(=O)Nc1ccc(C(=O)COC(=O)c2cc(-c3ccccc3)n[nH]2)cc1. The molecule has 0 aliphatic rings. The Balaban J connectivity index is 1.54. The molecule has 1 aromatic heterocycles. The van der Waals surface area contributed by atoms with Crippen molar-refractivity contribution in [1.29, 1.82) is 0 Å². The Hall–Kier alpha value is -3.74. The number of ether oxygens (including phenoxy) is 1. The van der Waals surface area contributed by atoms with Crippen LogP contribution in [0.25, 0.3) is 11.3 Å². The first-order valence-electron chi connectivity index (χ1n) is 9.28. The first-order chi connectivity index (χ1) is 14.1. The van der Waals surface area contributed by atoms with Crippen LogP contribution in [0.2, 0.25) is 0 Å². The molecule has 0 fully saturated rings. The Bertz CT molecular complexity index is 994. The van der Waals surface area contributed by atoms with Crippen LogP contribution >= 0.6 is 0 Å². The monoisotopic (exact) mass is 391 g/mol. The van der Waals surface area contributed by atoms with Crippen LogP contribution in [-0.2, 0) is 9.53 Å². The Morgan fingerprint density at radius 1 is 1.03 bits per heavy atom. The van der Waals surface area contributed by atoms with Crippen molar-refractivity contribution in [2.75, 3.05) is 11.9 Å². The molecule has 2 aromatic carbocycles. The van der Waals surface area contributed by atoms with Gasteiger partial charge in [0.1, 0.15) is 5.69 Å². The van der Waals surface area contributed by atoms with E-state index in [2.05, 4.69) is 15.5 Å². The number of ketones is 1. The van der Waals surface area contributed by atoms with Crippen molar-refractivity contribution >= 4 is 23.3 Å². The van der Waals surface area contributed by atoms with Crippen LogP contribution in [0.5, 0.6) is 0 Å². The maximum atomic E-state index is 12.3. The highest BCUT2D eigenvalue weighted by Gasteiger charge is 2.15. The summed E-state index contributed by atoms with van der Waals surface area (Å²) < 4.78 is 5.09. The van der Waals surface area contributed by atoms with Gasteiger partial charge in [0.2, 0.25) is 5.91 Å². The van der Waals surface area contributed by atoms with Crippen LogP contribution in [0.4, 0.5) is 5.69 Å². The molecule has 0 aliphatic carbocycles. The van der Waals surface area contributed by atoms with E-state index >= 15 is 0 Å². The predicted molar refractivity (Wildman–Crippen MR) is 109 cm³/mol. The number of benzene rings is 2. The minimum absolute atomic E-state index is 0.0741. The molecule has 0 aliphatic heterocycles. The van der Waals surface area contributed by atoms with Gasteiger partial charge >= 0.3 is 5.97 Å². The van der Waals surface area contributed by atoms with Gasteiger partial charge in [-0.3, -0.25) is 14.7 Å². The van der Waals surface area contributed by atoms with Gasteiger partial charge < -0.3 is 10.1 Å². The summed E-state index contributed by atoms with van der Waals surface area (Å²) in [7, 11) is 0. The molecule has 0 radical (unpaired) electrons. The molecule has 3 rings (SSSR count). The number of esters is 1. The molecule has 2 N–H and O–H groups in total. The summed E-state index contributed by atoms with van der Waals surface area (Å²) in [6.45, 7) is 1.54. The number of H-pyrrole nitrogens is 1. The number of aromatic nitrogens is 2. The third kappa shape index (κ3) is 5.38. The summed E-state index contributed by atoms with van der Waals surface area (Å²) in [5.41, 5.74) is 2.66. The molecular weight excluding hydrogens is 370 g/mol. The van der Waals surface area contributed by atoms with E-state index < -0.39 is 5.97 Å². The fraction of sp³-hybridized carbons (Fsp3) is 0.182. The summed E-state index contributed by atoms with van der Waals surface area (Å²) in [6.07, 6.45) is 1.20. The summed E-state index contributed by atoms with van der Waals surface area (Å²) in [5, 5.41) is 9.47. The Labute approximate surface area is 168 Å². The summed E-state index contributed by atoms with van der Waals surface area (Å²) in [6, 6.07) is 17.4. The van der Waals surface area contributed by atoms with Gasteiger partial charge in [-0.05, 0) is 36.8 Å². The standard InChI is InChI=1S/C22H21N3O4/c1-2-6-21(27)23-17-11-9-16(10-12-17)20(26)14-29-22(28)19-13-18(24-25-19)15-7-4-3-5-8-15/h3-5,7-13H,2,6,14H2,1H3,(H,23,27)(H,24,25). The zero-order chi connectivity index (χ0) is 20.6. The number of Topliss-reactive ketones (excluding diaryl/α,β-unsaturated/α-hetero) is 1. The fourth-order valence-corrected chi connectivity index (χ4v) is 2.67. The van der Waals surface area contributed by atoms with Crippen molar-refractivity contribution in [3.63, 3.8) is 0 Å². The number of amides is 1. The first kappa shape index (κ1) is 20.0. The van der Waals surface area contributed by atoms with E-state index in [1.54, 1.807) is 30.3 Å². The molecule has 1 amide bonds. The van der Waals surface area contributed by atoms with Gasteiger partial charge in [0, 0.05) is 23.2 Å². The molecule has 0 bridgehead atoms. The van der Waals surface area contributed by atoms with Gasteiger partial charge in [0.15, 0.2) is 12.4 Å². The largest absolute Gasteiger partial charge is 0.453 e. The van der Waals surface area contributed by atoms with Crippen LogP contribution in [0.3, 0.4) is 0 Å². The minimum atomic E-state index is -0.656. The fourth-order valence-electron chi connectivity index (χ4n) is 2.67. The van der Waals surface area contributed by atoms with E-state index in [9.17, 15) is 14.4 Å². The highest BCUT2D eigenvalue weighted by Crippen LogP contribution is 2.17. The molecule has 0 atom stereocenters. The van der Waals surface area contributed by atoms with E-state index in [1.807, 2.05) is 37.3 Å². The van der Waals surface area contributed by atoms with Crippen molar-refractivity contribution in [3.05, 3.63) is 71.9 Å². The lowest BCUT2D eigenvalue weighted by Gasteiger charge is -2.06. The molecule has 7 nitrogen and oxygen atoms in total. The summed E-state index contributed by atoms with van der Waals surface area (Å²) in [4.78, 5) is 36.0. The summed E-state index contributed by atoms with van der Waals surface area (Å²) in [5.74, 6) is -1.07. The third-order valence-electron chi connectivity index (χ3n) is 4.17. The van der Waals surface area contributed by atoms with Gasteiger partial charge in [0.25, 0.3) is 0 Å². The topological polar surface area (TPSA) is 101 Å². The molecule has 7 heteroatoms. The lowest BCUT2D eigenvalue weighted by Crippen LogP contribution is -2.15. The van der Waals surface area contributed by atoms with Crippen LogP contribution in [0, 0.1) is 0 Å². The normalized spacial score (nSPS) is 10.4. The quantitative estimate of drug-likeness (QED) is 0.449. The molecule has 148 valence electrons. The molecular formula is C22H21N3O4. The lowest BCUT2D eigenvalue weighted by molar-refractivity contribution is -0.116. The van der Waals surface area contributed by atoms with Gasteiger partial charge in [-0.1, -0.05) is 37.3 Å². The molecule has 0 unspecified atom stereocenters. The highest BCUT2D eigenvalue weighted by molar-refractivity contribution is 6.00. The number of carbonyl (C=O) groups is 3. The number of hydrogen-bond donors (Lipinski definition) is 2. The smallest absolute Gasteiger partial charge is 0.356 e. The van der Waals surface area contributed by atoms with E-state index in [-0.39, 0.29) is 24.0 Å². The number of hydrogen-bond acceptors (Lipinski definition) is 5. The average molecular weight is 391 g/mol. The van der Waals surface area contributed by atoms with Crippen molar-refractivity contribution in [3.8, 4) is 11.3 Å². The lowest BCUT2D eigenvalue weighted by atomic mass is 10.1. The van der Waals surface area contributed by atoms with Crippen molar-refractivity contribution < 1.29 is 19.1 Å². The summed E-state index contributed by atoms with van der Waals surface area (Å²) >= 11 is 0. The Morgan fingerprint density at radius 3 is 2.45 bits per heavy atom. The van der Waals surface area contributed by atoms with Crippen molar-refractivity contribution in [1.82, 2.24) is 10.2 Å². The Morgan fingerprint density at radius 2 is 1.76 bits per heavy atom. The Kier molecular flexibility index (Phi) is 6.52.